The van der Waals surface area contributed by atoms with Gasteiger partial charge in [-0.1, -0.05) is 127 Å². The summed E-state index contributed by atoms with van der Waals surface area (Å²) in [5.41, 5.74) is -0.446. The van der Waals surface area contributed by atoms with Crippen LogP contribution in [-0.4, -0.2) is 32.2 Å². The molecule has 5 heteroatoms. The molecule has 2 rings (SSSR count). The molecular formula is C34H45NO3Si. The number of allylic oxidation sites excluding steroid dienone is 2. The van der Waals surface area contributed by atoms with Crippen molar-refractivity contribution < 1.29 is 14.0 Å². The number of amides is 1. The molecule has 0 aliphatic carbocycles. The zero-order valence-corrected chi connectivity index (χ0v) is 25.7. The fraction of sp³-hybridized carbons (Fsp3) is 0.412. The SMILES string of the molecule is C#CC(=O)N[C@H](C(=O)C/C=C\C[C@H](C/C=C\C)O[Si](c1ccccc1)(c1ccccc1)C(C)(C)C)C(C)(C)C. The number of benzene rings is 2. The van der Waals surface area contributed by atoms with Crippen molar-refractivity contribution in [3.8, 4) is 12.3 Å². The minimum absolute atomic E-state index is 0.0692. The highest BCUT2D eigenvalue weighted by Crippen LogP contribution is 2.38. The molecule has 0 radical (unpaired) electrons. The smallest absolute Gasteiger partial charge is 0.296 e. The summed E-state index contributed by atoms with van der Waals surface area (Å²) in [5, 5.41) is 5.04. The van der Waals surface area contributed by atoms with Crippen LogP contribution in [0.5, 0.6) is 0 Å². The van der Waals surface area contributed by atoms with E-state index in [1.54, 1.807) is 0 Å². The molecule has 1 amide bonds. The molecule has 0 aromatic heterocycles. The lowest BCUT2D eigenvalue weighted by molar-refractivity contribution is -0.127. The lowest BCUT2D eigenvalue weighted by Gasteiger charge is -2.45. The second kappa shape index (κ2) is 14.3. The highest BCUT2D eigenvalue weighted by atomic mass is 28.4. The van der Waals surface area contributed by atoms with Crippen LogP contribution in [0.1, 0.15) is 67.7 Å². The first-order chi connectivity index (χ1) is 18.4. The number of ketones is 1. The molecular weight excluding hydrogens is 498 g/mol. The summed E-state index contributed by atoms with van der Waals surface area (Å²) >= 11 is 0. The molecule has 208 valence electrons. The first-order valence-electron chi connectivity index (χ1n) is 13.7. The number of hydrogen-bond donors (Lipinski definition) is 1. The minimum atomic E-state index is -2.71. The molecule has 39 heavy (non-hydrogen) atoms. The van der Waals surface area contributed by atoms with E-state index in [4.69, 9.17) is 10.8 Å². The number of rotatable bonds is 12. The summed E-state index contributed by atoms with van der Waals surface area (Å²) in [7, 11) is -2.71. The molecule has 0 bridgehead atoms. The predicted octanol–water partition coefficient (Wildman–Crippen LogP) is 5.97. The molecule has 0 aliphatic rings. The second-order valence-corrected chi connectivity index (χ2v) is 16.3. The molecule has 2 aromatic carbocycles. The van der Waals surface area contributed by atoms with Gasteiger partial charge in [-0.15, -0.1) is 6.42 Å². The van der Waals surface area contributed by atoms with Gasteiger partial charge in [0, 0.05) is 6.42 Å². The quantitative estimate of drug-likeness (QED) is 0.204. The van der Waals surface area contributed by atoms with Crippen molar-refractivity contribution in [1.29, 1.82) is 0 Å². The summed E-state index contributed by atoms with van der Waals surface area (Å²) in [6.45, 7) is 14.6. The van der Waals surface area contributed by atoms with Gasteiger partial charge in [-0.05, 0) is 46.5 Å². The van der Waals surface area contributed by atoms with Crippen molar-refractivity contribution in [2.75, 3.05) is 0 Å². The molecule has 0 saturated carbocycles. The fourth-order valence-corrected chi connectivity index (χ4v) is 9.65. The van der Waals surface area contributed by atoms with E-state index in [-0.39, 0.29) is 23.3 Å². The number of hydrogen-bond acceptors (Lipinski definition) is 3. The van der Waals surface area contributed by atoms with Crippen LogP contribution in [0.25, 0.3) is 0 Å². The summed E-state index contributed by atoms with van der Waals surface area (Å²) in [6, 6.07) is 20.6. The normalized spacial score (nSPS) is 14.2. The Labute approximate surface area is 237 Å². The zero-order valence-electron chi connectivity index (χ0n) is 24.7. The van der Waals surface area contributed by atoms with Crippen molar-refractivity contribution in [3.63, 3.8) is 0 Å². The van der Waals surface area contributed by atoms with Gasteiger partial charge in [0.2, 0.25) is 0 Å². The largest absolute Gasteiger partial charge is 0.404 e. The standard InChI is InChI=1S/C34H45NO3Si/c1-9-11-20-27(21-18-19-26-30(36)32(33(3,4)5)35-31(37)10-2)38-39(34(6,7)8,28-22-14-12-15-23-28)29-24-16-13-17-25-29/h2,9,11-19,22-25,27,32H,20-21,26H2,1,3-8H3,(H,35,37)/b11-9-,19-18-/t27-,32+/m0/s1. The van der Waals surface area contributed by atoms with Crippen molar-refractivity contribution >= 4 is 30.4 Å². The molecule has 0 spiro atoms. The van der Waals surface area contributed by atoms with Gasteiger partial charge in [0.1, 0.15) is 0 Å². The molecule has 0 unspecified atom stereocenters. The molecule has 0 heterocycles. The number of carbonyl (C=O) groups is 2. The third-order valence-electron chi connectivity index (χ3n) is 6.87. The lowest BCUT2D eigenvalue weighted by Crippen LogP contribution is -2.67. The number of carbonyl (C=O) groups excluding carboxylic acids is 2. The number of Topliss-reactive ketones (excluding diaryl/α,β-unsaturated/α-hetero) is 1. The molecule has 4 nitrogen and oxygen atoms in total. The van der Waals surface area contributed by atoms with Gasteiger partial charge in [0.05, 0.1) is 12.1 Å². The Morgan fingerprint density at radius 2 is 1.41 bits per heavy atom. The highest BCUT2D eigenvalue weighted by Gasteiger charge is 2.51. The van der Waals surface area contributed by atoms with Crippen LogP contribution in [0.2, 0.25) is 5.04 Å². The monoisotopic (exact) mass is 543 g/mol. The van der Waals surface area contributed by atoms with E-state index in [0.717, 1.165) is 6.42 Å². The summed E-state index contributed by atoms with van der Waals surface area (Å²) < 4.78 is 7.33. The van der Waals surface area contributed by atoms with E-state index in [0.29, 0.717) is 6.42 Å². The van der Waals surface area contributed by atoms with Gasteiger partial charge in [-0.2, -0.15) is 0 Å². The number of nitrogens with one attached hydrogen (secondary N) is 1. The average Bonchev–Trinajstić information content (AvgIpc) is 2.90. The van der Waals surface area contributed by atoms with Crippen molar-refractivity contribution in [1.82, 2.24) is 5.32 Å². The first kappa shape index (κ1) is 32.0. The van der Waals surface area contributed by atoms with Gasteiger partial charge in [-0.3, -0.25) is 9.59 Å². The van der Waals surface area contributed by atoms with E-state index in [9.17, 15) is 9.59 Å². The molecule has 0 saturated heterocycles. The molecule has 0 fully saturated rings. The van der Waals surface area contributed by atoms with Crippen LogP contribution in [0.3, 0.4) is 0 Å². The highest BCUT2D eigenvalue weighted by molar-refractivity contribution is 6.99. The predicted molar refractivity (Wildman–Crippen MR) is 166 cm³/mol. The third-order valence-corrected chi connectivity index (χ3v) is 12.0. The molecule has 2 aromatic rings. The van der Waals surface area contributed by atoms with Crippen LogP contribution in [-0.2, 0) is 14.0 Å². The Hall–Kier alpha value is -3.20. The zero-order chi connectivity index (χ0) is 29.1. The van der Waals surface area contributed by atoms with Crippen molar-refractivity contribution in [2.45, 2.75) is 84.9 Å². The Morgan fingerprint density at radius 1 is 0.897 bits per heavy atom. The van der Waals surface area contributed by atoms with Crippen molar-refractivity contribution in [3.05, 3.63) is 85.0 Å². The van der Waals surface area contributed by atoms with Crippen molar-refractivity contribution in [2.24, 2.45) is 5.41 Å². The van der Waals surface area contributed by atoms with Gasteiger partial charge < -0.3 is 9.74 Å². The van der Waals surface area contributed by atoms with Gasteiger partial charge in [-0.25, -0.2) is 0 Å². The van der Waals surface area contributed by atoms with Gasteiger partial charge >= 0.3 is 0 Å². The summed E-state index contributed by atoms with van der Waals surface area (Å²) in [4.78, 5) is 24.8. The van der Waals surface area contributed by atoms with E-state index < -0.39 is 25.7 Å². The van der Waals surface area contributed by atoms with Crippen LogP contribution in [0.4, 0.5) is 0 Å². The Balaban J connectivity index is 2.37. The lowest BCUT2D eigenvalue weighted by atomic mass is 9.83. The summed E-state index contributed by atoms with van der Waals surface area (Å²) in [5.74, 6) is 1.40. The van der Waals surface area contributed by atoms with Crippen LogP contribution in [0, 0.1) is 17.8 Å². The summed E-state index contributed by atoms with van der Waals surface area (Å²) in [6.07, 6.45) is 14.9. The molecule has 2 atom stereocenters. The Morgan fingerprint density at radius 3 is 1.85 bits per heavy atom. The average molecular weight is 544 g/mol. The minimum Gasteiger partial charge on any atom is -0.404 e. The van der Waals surface area contributed by atoms with Gasteiger partial charge in [0.25, 0.3) is 14.2 Å². The van der Waals surface area contributed by atoms with Gasteiger partial charge in [0.15, 0.2) is 5.78 Å². The maximum absolute atomic E-state index is 13.0. The second-order valence-electron chi connectivity index (χ2n) is 12.0. The topological polar surface area (TPSA) is 55.4 Å². The van der Waals surface area contributed by atoms with E-state index in [1.807, 2.05) is 57.9 Å². The maximum atomic E-state index is 13.0. The Kier molecular flexibility index (Phi) is 11.7. The first-order valence-corrected chi connectivity index (χ1v) is 15.6. The molecule has 0 aliphatic heterocycles. The fourth-order valence-electron chi connectivity index (χ4n) is 4.94. The number of terminal acetylenes is 1. The van der Waals surface area contributed by atoms with E-state index in [2.05, 4.69) is 86.8 Å². The Bertz CT molecular complexity index is 1130. The van der Waals surface area contributed by atoms with E-state index in [1.165, 1.54) is 10.4 Å². The third kappa shape index (κ3) is 8.65. The van der Waals surface area contributed by atoms with Crippen LogP contribution in [0.15, 0.2) is 85.0 Å². The van der Waals surface area contributed by atoms with Crippen LogP contribution >= 0.6 is 0 Å². The molecule has 1 N–H and O–H groups in total. The van der Waals surface area contributed by atoms with E-state index >= 15 is 0 Å². The maximum Gasteiger partial charge on any atom is 0.296 e. The van der Waals surface area contributed by atoms with Crippen LogP contribution < -0.4 is 15.7 Å².